The second kappa shape index (κ2) is 15.1. The number of benzene rings is 4. The van der Waals surface area contributed by atoms with Gasteiger partial charge in [-0.2, -0.15) is 0 Å². The highest BCUT2D eigenvalue weighted by molar-refractivity contribution is 8.01. The Labute approximate surface area is 309 Å². The van der Waals surface area contributed by atoms with Crippen LogP contribution in [0.2, 0.25) is 0 Å². The van der Waals surface area contributed by atoms with Crippen molar-refractivity contribution in [2.45, 2.75) is 87.7 Å². The van der Waals surface area contributed by atoms with Gasteiger partial charge in [-0.15, -0.1) is 11.3 Å². The number of ketones is 1. The zero-order chi connectivity index (χ0) is 35.6. The van der Waals surface area contributed by atoms with E-state index in [1.54, 1.807) is 23.1 Å². The second-order valence-corrected chi connectivity index (χ2v) is 16.8. The first-order valence-corrected chi connectivity index (χ1v) is 20.0. The zero-order valence-electron chi connectivity index (χ0n) is 29.7. The minimum Gasteiger partial charge on any atom is -0.494 e. The summed E-state index contributed by atoms with van der Waals surface area (Å²) in [7, 11) is 0. The summed E-state index contributed by atoms with van der Waals surface area (Å²) in [6.07, 6.45) is 6.79. The zero-order valence-corrected chi connectivity index (χ0v) is 31.4. The van der Waals surface area contributed by atoms with Gasteiger partial charge in [0.25, 0.3) is 0 Å². The third-order valence-corrected chi connectivity index (χ3v) is 13.6. The molecule has 0 radical (unpaired) electrons. The highest BCUT2D eigenvalue weighted by Gasteiger charge is 2.56. The van der Waals surface area contributed by atoms with Crippen LogP contribution in [0.4, 0.5) is 0 Å². The minimum absolute atomic E-state index is 0.0170. The molecule has 1 saturated carbocycles. The lowest BCUT2D eigenvalue weighted by atomic mass is 9.65. The molecule has 2 bridgehead atoms. The minimum atomic E-state index is -0.980. The first-order chi connectivity index (χ1) is 24.7. The molecular formula is C44H47NO4S2. The molecule has 7 heteroatoms. The summed E-state index contributed by atoms with van der Waals surface area (Å²) in [6, 6.07) is 30.2. The third-order valence-electron chi connectivity index (χ3n) is 11.3. The predicted molar refractivity (Wildman–Crippen MR) is 210 cm³/mol. The van der Waals surface area contributed by atoms with Crippen molar-refractivity contribution < 1.29 is 19.7 Å². The largest absolute Gasteiger partial charge is 0.494 e. The lowest BCUT2D eigenvalue weighted by Gasteiger charge is -2.44. The van der Waals surface area contributed by atoms with Crippen LogP contribution in [-0.2, 0) is 6.42 Å². The molecular weight excluding hydrogens is 671 g/mol. The van der Waals surface area contributed by atoms with E-state index in [0.29, 0.717) is 42.7 Å². The van der Waals surface area contributed by atoms with Gasteiger partial charge < -0.3 is 14.9 Å². The number of rotatable bonds is 8. The van der Waals surface area contributed by atoms with Gasteiger partial charge in [-0.1, -0.05) is 97.1 Å². The standard InChI is InChI=1S/C44H47NO4S2/c1-4-49-33-19-21-39-40(27-33)51-42(45-39)50-28-44(48)24-22-38-35-20-17-30(25-32(46)18-16-29(2)11-10-23-43(38,44)3)26-37(35)41(47)36-15-9-8-14-34(36)31-12-6-5-7-13-31/h5-9,11-15,17,19-21,26-27,32,38,46,48H,4,10,16,18,22-25,28H2,1-3H3/t32-,38-,43-,44+/m0/s1. The molecule has 4 aromatic carbocycles. The molecule has 1 fully saturated rings. The number of ether oxygens (including phenoxy) is 1. The first-order valence-electron chi connectivity index (χ1n) is 18.2. The van der Waals surface area contributed by atoms with E-state index in [2.05, 4.69) is 32.1 Å². The van der Waals surface area contributed by atoms with Crippen molar-refractivity contribution in [3.63, 3.8) is 0 Å². The quantitative estimate of drug-likeness (QED) is 0.0945. The lowest BCUT2D eigenvalue weighted by molar-refractivity contribution is -0.0422. The number of nitrogens with zero attached hydrogens (tertiary/aromatic N) is 1. The van der Waals surface area contributed by atoms with E-state index < -0.39 is 17.1 Å². The number of carbonyl (C=O) groups is 1. The molecule has 4 atom stereocenters. The van der Waals surface area contributed by atoms with E-state index in [-0.39, 0.29) is 11.7 Å². The van der Waals surface area contributed by atoms with Crippen LogP contribution < -0.4 is 4.74 Å². The van der Waals surface area contributed by atoms with Gasteiger partial charge in [-0.3, -0.25) is 4.79 Å². The Balaban J connectivity index is 1.28. The lowest BCUT2D eigenvalue weighted by Crippen LogP contribution is -2.46. The van der Waals surface area contributed by atoms with E-state index in [1.165, 1.54) is 5.57 Å². The van der Waals surface area contributed by atoms with Crippen LogP contribution in [0.15, 0.2) is 107 Å². The van der Waals surface area contributed by atoms with Crippen LogP contribution in [0.3, 0.4) is 0 Å². The molecule has 8 rings (SSSR count). The maximum absolute atomic E-state index is 14.9. The number of aliphatic hydroxyl groups excluding tert-OH is 1. The molecule has 0 amide bonds. The van der Waals surface area contributed by atoms with E-state index in [9.17, 15) is 15.0 Å². The van der Waals surface area contributed by atoms with Crippen LogP contribution in [0.25, 0.3) is 21.3 Å². The van der Waals surface area contributed by atoms with Crippen LogP contribution in [0, 0.1) is 5.41 Å². The molecule has 0 unspecified atom stereocenters. The van der Waals surface area contributed by atoms with Crippen molar-refractivity contribution in [2.75, 3.05) is 12.4 Å². The van der Waals surface area contributed by atoms with Gasteiger partial charge in [0, 0.05) is 22.3 Å². The van der Waals surface area contributed by atoms with Crippen molar-refractivity contribution in [3.8, 4) is 16.9 Å². The monoisotopic (exact) mass is 717 g/mol. The summed E-state index contributed by atoms with van der Waals surface area (Å²) in [4.78, 5) is 19.8. The number of thiazole rings is 1. The van der Waals surface area contributed by atoms with Crippen LogP contribution in [0.1, 0.15) is 92.3 Å². The maximum atomic E-state index is 14.9. The Kier molecular flexibility index (Phi) is 10.5. The number of hydrogen-bond donors (Lipinski definition) is 2. The number of allylic oxidation sites excluding steroid dienone is 2. The number of thioether (sulfide) groups is 1. The van der Waals surface area contributed by atoms with E-state index in [0.717, 1.165) is 68.2 Å². The van der Waals surface area contributed by atoms with Crippen molar-refractivity contribution in [1.82, 2.24) is 4.98 Å². The number of fused-ring (bicyclic) bond motifs is 9. The molecule has 5 nitrogen and oxygen atoms in total. The van der Waals surface area contributed by atoms with Gasteiger partial charge in [-0.25, -0.2) is 4.98 Å². The van der Waals surface area contributed by atoms with E-state index >= 15 is 0 Å². The normalized spacial score (nSPS) is 23.8. The van der Waals surface area contributed by atoms with E-state index in [1.807, 2.05) is 85.8 Å². The Morgan fingerprint density at radius 2 is 1.78 bits per heavy atom. The second-order valence-electron chi connectivity index (χ2n) is 14.5. The van der Waals surface area contributed by atoms with Crippen LogP contribution in [0.5, 0.6) is 5.75 Å². The average Bonchev–Trinajstić information content (AvgIpc) is 3.67. The van der Waals surface area contributed by atoms with Gasteiger partial charge in [0.05, 0.1) is 28.5 Å². The number of aromatic nitrogens is 1. The maximum Gasteiger partial charge on any atom is 0.193 e. The molecule has 0 spiro atoms. The summed E-state index contributed by atoms with van der Waals surface area (Å²) in [5.74, 6) is 1.31. The number of aliphatic hydroxyl groups is 2. The highest BCUT2D eigenvalue weighted by Crippen LogP contribution is 2.60. The van der Waals surface area contributed by atoms with Crippen molar-refractivity contribution >= 4 is 39.1 Å². The first kappa shape index (κ1) is 35.6. The molecule has 1 heterocycles. The molecule has 3 aliphatic carbocycles. The van der Waals surface area contributed by atoms with Gasteiger partial charge in [-0.05, 0) is 111 Å². The molecule has 51 heavy (non-hydrogen) atoms. The molecule has 0 aliphatic heterocycles. The Bertz CT molecular complexity index is 2060. The molecule has 0 saturated heterocycles. The summed E-state index contributed by atoms with van der Waals surface area (Å²) in [5, 5.41) is 23.8. The van der Waals surface area contributed by atoms with Crippen molar-refractivity contribution in [2.24, 2.45) is 5.41 Å². The van der Waals surface area contributed by atoms with E-state index in [4.69, 9.17) is 9.72 Å². The summed E-state index contributed by atoms with van der Waals surface area (Å²) in [5.41, 5.74) is 5.92. The fourth-order valence-corrected chi connectivity index (χ4v) is 10.7. The summed E-state index contributed by atoms with van der Waals surface area (Å²) < 4.78 is 7.74. The van der Waals surface area contributed by atoms with Gasteiger partial charge in [0.15, 0.2) is 10.1 Å². The third kappa shape index (κ3) is 7.32. The Hall–Kier alpha value is -3.75. The van der Waals surface area contributed by atoms with Crippen LogP contribution in [-0.4, -0.2) is 45.0 Å². The highest BCUT2D eigenvalue weighted by atomic mass is 32.2. The molecule has 5 aromatic rings. The summed E-state index contributed by atoms with van der Waals surface area (Å²) in [6.45, 7) is 6.99. The number of hydrogen-bond acceptors (Lipinski definition) is 7. The van der Waals surface area contributed by atoms with Crippen molar-refractivity contribution in [3.05, 3.63) is 125 Å². The average molecular weight is 718 g/mol. The van der Waals surface area contributed by atoms with Gasteiger partial charge in [0.1, 0.15) is 5.75 Å². The molecule has 3 aliphatic rings. The topological polar surface area (TPSA) is 79.7 Å². The fourth-order valence-electron chi connectivity index (χ4n) is 8.25. The SMILES string of the molecule is CCOc1ccc2nc(SC[C@]3(O)CC[C@H]4c5ccc(cc5C(=O)c5ccccc5-c5ccccc5)C[C@@H](O)CCC(C)=CCC[C@@]43C)sc2c1. The Morgan fingerprint density at radius 1 is 0.980 bits per heavy atom. The van der Waals surface area contributed by atoms with Gasteiger partial charge in [0.2, 0.25) is 0 Å². The fraction of sp³-hybridized carbons (Fsp3) is 0.364. The molecule has 264 valence electrons. The van der Waals surface area contributed by atoms with Gasteiger partial charge >= 0.3 is 0 Å². The van der Waals surface area contributed by atoms with Crippen LogP contribution >= 0.6 is 23.1 Å². The smallest absolute Gasteiger partial charge is 0.193 e. The Morgan fingerprint density at radius 3 is 2.61 bits per heavy atom. The summed E-state index contributed by atoms with van der Waals surface area (Å²) >= 11 is 3.28. The number of carbonyl (C=O) groups excluding carboxylic acids is 1. The molecule has 1 aromatic heterocycles. The van der Waals surface area contributed by atoms with Crippen molar-refractivity contribution in [1.29, 1.82) is 0 Å². The molecule has 2 N–H and O–H groups in total. The predicted octanol–water partition coefficient (Wildman–Crippen LogP) is 10.4.